The molecule has 0 aliphatic carbocycles. The molecule has 1 aromatic rings. The topological polar surface area (TPSA) is 40.5 Å². The van der Waals surface area contributed by atoms with Crippen LogP contribution in [-0.2, 0) is 17.8 Å². The molecule has 0 spiro atoms. The minimum absolute atomic E-state index is 0.132. The van der Waals surface area contributed by atoms with Crippen molar-refractivity contribution < 1.29 is 9.90 Å². The lowest BCUT2D eigenvalue weighted by atomic mass is 10.3. The zero-order chi connectivity index (χ0) is 12.0. The molecule has 1 aromatic heterocycles. The molecular weight excluding hydrogens is 222 g/mol. The fourth-order valence-electron chi connectivity index (χ4n) is 1.64. The third kappa shape index (κ3) is 4.33. The van der Waals surface area contributed by atoms with E-state index in [1.54, 1.807) is 11.3 Å². The number of aryl methyl sites for hydroxylation is 1. The van der Waals surface area contributed by atoms with E-state index in [0.29, 0.717) is 0 Å². The van der Waals surface area contributed by atoms with Crippen molar-refractivity contribution in [1.82, 2.24) is 4.90 Å². The number of thiophene rings is 1. The maximum atomic E-state index is 10.7. The van der Waals surface area contributed by atoms with E-state index in [1.807, 2.05) is 4.90 Å². The average molecular weight is 241 g/mol. The van der Waals surface area contributed by atoms with Gasteiger partial charge in [-0.2, -0.15) is 0 Å². The quantitative estimate of drug-likeness (QED) is 0.797. The van der Waals surface area contributed by atoms with E-state index in [9.17, 15) is 4.79 Å². The van der Waals surface area contributed by atoms with Gasteiger partial charge in [-0.3, -0.25) is 9.69 Å². The molecule has 0 radical (unpaired) electrons. The van der Waals surface area contributed by atoms with Crippen molar-refractivity contribution >= 4 is 17.3 Å². The standard InChI is InChI=1S/C12H19NO2S/c1-3-7-13(9-12(14)15)8-11-6-5-10(4-2)16-11/h5-6H,3-4,7-9H2,1-2H3,(H,14,15). The van der Waals surface area contributed by atoms with Crippen LogP contribution in [-0.4, -0.2) is 29.1 Å². The number of nitrogens with zero attached hydrogens (tertiary/aromatic N) is 1. The van der Waals surface area contributed by atoms with Crippen LogP contribution in [0.4, 0.5) is 0 Å². The Kier molecular flexibility index (Phi) is 5.49. The van der Waals surface area contributed by atoms with E-state index < -0.39 is 5.97 Å². The van der Waals surface area contributed by atoms with Gasteiger partial charge < -0.3 is 5.11 Å². The van der Waals surface area contributed by atoms with Crippen LogP contribution in [0.3, 0.4) is 0 Å². The lowest BCUT2D eigenvalue weighted by Gasteiger charge is -2.18. The van der Waals surface area contributed by atoms with Gasteiger partial charge in [0.05, 0.1) is 6.54 Å². The summed E-state index contributed by atoms with van der Waals surface area (Å²) in [5, 5.41) is 8.80. The maximum absolute atomic E-state index is 10.7. The van der Waals surface area contributed by atoms with Crippen LogP contribution in [0.5, 0.6) is 0 Å². The van der Waals surface area contributed by atoms with Crippen LogP contribution >= 0.6 is 11.3 Å². The highest BCUT2D eigenvalue weighted by Crippen LogP contribution is 2.18. The number of rotatable bonds is 7. The molecule has 0 atom stereocenters. The van der Waals surface area contributed by atoms with Crippen LogP contribution in [0.15, 0.2) is 12.1 Å². The van der Waals surface area contributed by atoms with Crippen molar-refractivity contribution in [1.29, 1.82) is 0 Å². The second kappa shape index (κ2) is 6.66. The molecule has 16 heavy (non-hydrogen) atoms. The van der Waals surface area contributed by atoms with Gasteiger partial charge in [-0.1, -0.05) is 13.8 Å². The Morgan fingerprint density at radius 3 is 2.56 bits per heavy atom. The van der Waals surface area contributed by atoms with Gasteiger partial charge in [-0.25, -0.2) is 0 Å². The van der Waals surface area contributed by atoms with Gasteiger partial charge in [-0.05, 0) is 31.5 Å². The summed E-state index contributed by atoms with van der Waals surface area (Å²) in [6.07, 6.45) is 2.04. The first-order chi connectivity index (χ1) is 7.65. The minimum atomic E-state index is -0.749. The van der Waals surface area contributed by atoms with E-state index in [0.717, 1.165) is 25.9 Å². The van der Waals surface area contributed by atoms with Gasteiger partial charge >= 0.3 is 5.97 Å². The van der Waals surface area contributed by atoms with Crippen molar-refractivity contribution in [2.75, 3.05) is 13.1 Å². The second-order valence-electron chi connectivity index (χ2n) is 3.83. The number of carbonyl (C=O) groups is 1. The van der Waals surface area contributed by atoms with Crippen LogP contribution in [0, 0.1) is 0 Å². The highest BCUT2D eigenvalue weighted by atomic mass is 32.1. The van der Waals surface area contributed by atoms with Crippen molar-refractivity contribution in [3.05, 3.63) is 21.9 Å². The van der Waals surface area contributed by atoms with Crippen molar-refractivity contribution in [3.8, 4) is 0 Å². The first-order valence-electron chi connectivity index (χ1n) is 5.67. The molecule has 0 saturated heterocycles. The molecule has 0 aromatic carbocycles. The summed E-state index contributed by atoms with van der Waals surface area (Å²) >= 11 is 1.78. The van der Waals surface area contributed by atoms with Crippen molar-refractivity contribution in [2.45, 2.75) is 33.2 Å². The summed E-state index contributed by atoms with van der Waals surface area (Å²) in [4.78, 5) is 15.3. The second-order valence-corrected chi connectivity index (χ2v) is 5.08. The zero-order valence-corrected chi connectivity index (χ0v) is 10.7. The largest absolute Gasteiger partial charge is 0.480 e. The van der Waals surface area contributed by atoms with Crippen molar-refractivity contribution in [2.24, 2.45) is 0 Å². The van der Waals surface area contributed by atoms with Gasteiger partial charge in [0.2, 0.25) is 0 Å². The third-order valence-electron chi connectivity index (χ3n) is 2.34. The molecule has 0 aliphatic rings. The lowest BCUT2D eigenvalue weighted by molar-refractivity contribution is -0.138. The van der Waals surface area contributed by atoms with Gasteiger partial charge in [0.15, 0.2) is 0 Å². The molecule has 1 heterocycles. The Balaban J connectivity index is 2.56. The monoisotopic (exact) mass is 241 g/mol. The Hall–Kier alpha value is -0.870. The maximum Gasteiger partial charge on any atom is 0.317 e. The molecule has 90 valence electrons. The molecule has 0 unspecified atom stereocenters. The Labute approximate surface area is 101 Å². The van der Waals surface area contributed by atoms with Gasteiger partial charge in [-0.15, -0.1) is 11.3 Å². The Morgan fingerprint density at radius 1 is 1.38 bits per heavy atom. The van der Waals surface area contributed by atoms with Gasteiger partial charge in [0, 0.05) is 16.3 Å². The number of aliphatic carboxylic acids is 1. The summed E-state index contributed by atoms with van der Waals surface area (Å²) in [6.45, 7) is 5.93. The van der Waals surface area contributed by atoms with Crippen LogP contribution < -0.4 is 0 Å². The van der Waals surface area contributed by atoms with E-state index in [2.05, 4.69) is 26.0 Å². The smallest absolute Gasteiger partial charge is 0.317 e. The molecule has 0 aliphatic heterocycles. The van der Waals surface area contributed by atoms with Crippen molar-refractivity contribution in [3.63, 3.8) is 0 Å². The van der Waals surface area contributed by atoms with E-state index in [1.165, 1.54) is 9.75 Å². The highest BCUT2D eigenvalue weighted by molar-refractivity contribution is 7.11. The predicted molar refractivity (Wildman–Crippen MR) is 66.9 cm³/mol. The van der Waals surface area contributed by atoms with E-state index in [-0.39, 0.29) is 6.54 Å². The average Bonchev–Trinajstić information content (AvgIpc) is 2.65. The molecular formula is C12H19NO2S. The van der Waals surface area contributed by atoms with Crippen LogP contribution in [0.1, 0.15) is 30.0 Å². The number of carboxylic acid groups (broad SMARTS) is 1. The predicted octanol–water partition coefficient (Wildman–Crippen LogP) is 2.61. The first-order valence-corrected chi connectivity index (χ1v) is 6.49. The van der Waals surface area contributed by atoms with Gasteiger partial charge in [0.1, 0.15) is 0 Å². The molecule has 0 saturated carbocycles. The summed E-state index contributed by atoms with van der Waals surface area (Å²) < 4.78 is 0. The van der Waals surface area contributed by atoms with E-state index in [4.69, 9.17) is 5.11 Å². The molecule has 1 rings (SSSR count). The SMILES string of the molecule is CCCN(CC(=O)O)Cc1ccc(CC)s1. The number of carboxylic acids is 1. The summed E-state index contributed by atoms with van der Waals surface area (Å²) in [5.74, 6) is -0.749. The summed E-state index contributed by atoms with van der Waals surface area (Å²) in [5.41, 5.74) is 0. The Bertz CT molecular complexity index is 336. The molecule has 0 fully saturated rings. The number of hydrogen-bond acceptors (Lipinski definition) is 3. The molecule has 1 N–H and O–H groups in total. The lowest BCUT2D eigenvalue weighted by Crippen LogP contribution is -2.29. The van der Waals surface area contributed by atoms with E-state index >= 15 is 0 Å². The van der Waals surface area contributed by atoms with Crippen LogP contribution in [0.2, 0.25) is 0 Å². The van der Waals surface area contributed by atoms with Crippen LogP contribution in [0.25, 0.3) is 0 Å². The zero-order valence-electron chi connectivity index (χ0n) is 9.90. The first kappa shape index (κ1) is 13.2. The number of hydrogen-bond donors (Lipinski definition) is 1. The fourth-order valence-corrected chi connectivity index (χ4v) is 2.64. The molecule has 4 heteroatoms. The normalized spacial score (nSPS) is 10.9. The Morgan fingerprint density at radius 2 is 2.06 bits per heavy atom. The van der Waals surface area contributed by atoms with Gasteiger partial charge in [0.25, 0.3) is 0 Å². The molecule has 0 bridgehead atoms. The molecule has 0 amide bonds. The fraction of sp³-hybridized carbons (Fsp3) is 0.583. The summed E-state index contributed by atoms with van der Waals surface area (Å²) in [6, 6.07) is 4.24. The third-order valence-corrected chi connectivity index (χ3v) is 3.56. The minimum Gasteiger partial charge on any atom is -0.480 e. The molecule has 3 nitrogen and oxygen atoms in total. The highest BCUT2D eigenvalue weighted by Gasteiger charge is 2.10. The summed E-state index contributed by atoms with van der Waals surface area (Å²) in [7, 11) is 0.